The molecule has 0 saturated carbocycles. The molecule has 2 nitrogen and oxygen atoms in total. The normalized spacial score (nSPS) is 9.20. The van der Waals surface area contributed by atoms with Crippen LogP contribution in [0.5, 0.6) is 0 Å². The molecule has 0 amide bonds. The molecular weight excluding hydrogens is 126 g/mol. The Morgan fingerprint density at radius 1 is 1.80 bits per heavy atom. The lowest BCUT2D eigenvalue weighted by molar-refractivity contribution is 1.12. The third-order valence-corrected chi connectivity index (χ3v) is 1.21. The molecule has 0 saturated heterocycles. The maximum atomic E-state index is 10.9. The summed E-state index contributed by atoms with van der Waals surface area (Å²) in [5.74, 6) is 0. The number of hydrogen-bond donors (Lipinski definition) is 1. The minimum absolute atomic E-state index is 0.0811. The zero-order valence-electron chi connectivity index (χ0n) is 5.55. The van der Waals surface area contributed by atoms with Gasteiger partial charge in [0.15, 0.2) is 0 Å². The molecule has 0 spiro atoms. The molecule has 1 aromatic rings. The van der Waals surface area contributed by atoms with Gasteiger partial charge in [0, 0.05) is 5.56 Å². The molecule has 0 aromatic carbocycles. The van der Waals surface area contributed by atoms with Crippen LogP contribution in [0.25, 0.3) is 0 Å². The quantitative estimate of drug-likeness (QED) is 0.599. The van der Waals surface area contributed by atoms with Crippen LogP contribution in [0.15, 0.2) is 29.6 Å². The zero-order valence-corrected chi connectivity index (χ0v) is 5.55. The Bertz CT molecular complexity index is 275. The van der Waals surface area contributed by atoms with Crippen LogP contribution in [-0.2, 0) is 6.42 Å². The van der Waals surface area contributed by atoms with Crippen molar-refractivity contribution in [1.82, 2.24) is 4.98 Å². The minimum atomic E-state index is -0.0811. The lowest BCUT2D eigenvalue weighted by Gasteiger charge is -1.90. The highest BCUT2D eigenvalue weighted by Gasteiger charge is 1.92. The van der Waals surface area contributed by atoms with Gasteiger partial charge < -0.3 is 4.98 Å². The Kier molecular flexibility index (Phi) is 2.05. The lowest BCUT2D eigenvalue weighted by Crippen LogP contribution is -2.09. The van der Waals surface area contributed by atoms with Gasteiger partial charge in [0.1, 0.15) is 0 Å². The summed E-state index contributed by atoms with van der Waals surface area (Å²) in [6, 6.07) is 3.42. The number of nitrogens with one attached hydrogen (secondary N) is 1. The van der Waals surface area contributed by atoms with Crippen LogP contribution in [0.3, 0.4) is 0 Å². The van der Waals surface area contributed by atoms with Gasteiger partial charge in [-0.15, -0.1) is 6.58 Å². The van der Waals surface area contributed by atoms with Crippen molar-refractivity contribution < 1.29 is 0 Å². The minimum Gasteiger partial charge on any atom is -0.320 e. The number of aromatic nitrogens is 1. The summed E-state index contributed by atoms with van der Waals surface area (Å²) in [5.41, 5.74) is 0.649. The first kappa shape index (κ1) is 6.81. The third kappa shape index (κ3) is 1.35. The van der Waals surface area contributed by atoms with E-state index in [4.69, 9.17) is 0 Å². The van der Waals surface area contributed by atoms with Crippen LogP contribution in [0, 0.1) is 6.20 Å². The van der Waals surface area contributed by atoms with Crippen LogP contribution >= 0.6 is 0 Å². The van der Waals surface area contributed by atoms with Gasteiger partial charge in [0.05, 0.1) is 6.20 Å². The Labute approximate surface area is 59.2 Å². The topological polar surface area (TPSA) is 32.9 Å². The maximum Gasteiger partial charge on any atom is 0.251 e. The van der Waals surface area contributed by atoms with E-state index in [1.807, 2.05) is 0 Å². The number of aromatic amines is 1. The molecule has 0 aliphatic heterocycles. The monoisotopic (exact) mass is 134 g/mol. The van der Waals surface area contributed by atoms with Crippen molar-refractivity contribution in [2.75, 3.05) is 0 Å². The summed E-state index contributed by atoms with van der Waals surface area (Å²) < 4.78 is 0. The van der Waals surface area contributed by atoms with Crippen molar-refractivity contribution in [1.29, 1.82) is 0 Å². The van der Waals surface area contributed by atoms with Crippen molar-refractivity contribution in [3.63, 3.8) is 0 Å². The highest BCUT2D eigenvalue weighted by Crippen LogP contribution is 1.89. The van der Waals surface area contributed by atoms with Gasteiger partial charge in [0.2, 0.25) is 0 Å². The molecule has 1 N–H and O–H groups in total. The largest absolute Gasteiger partial charge is 0.320 e. The Hall–Kier alpha value is -1.31. The first-order chi connectivity index (χ1) is 4.84. The molecule has 1 radical (unpaired) electrons. The molecule has 0 fully saturated rings. The molecule has 0 aliphatic rings. The van der Waals surface area contributed by atoms with Gasteiger partial charge >= 0.3 is 0 Å². The second-order valence-corrected chi connectivity index (χ2v) is 1.95. The molecule has 51 valence electrons. The molecule has 0 bridgehead atoms. The molecule has 1 rings (SSSR count). The van der Waals surface area contributed by atoms with Crippen molar-refractivity contribution >= 4 is 0 Å². The summed E-state index contributed by atoms with van der Waals surface area (Å²) in [4.78, 5) is 13.3. The Morgan fingerprint density at radius 3 is 3.20 bits per heavy atom. The van der Waals surface area contributed by atoms with Crippen molar-refractivity contribution in [2.24, 2.45) is 0 Å². The number of rotatable bonds is 2. The van der Waals surface area contributed by atoms with Gasteiger partial charge in [0.25, 0.3) is 5.56 Å². The maximum absolute atomic E-state index is 10.9. The molecule has 2 heteroatoms. The van der Waals surface area contributed by atoms with Crippen LogP contribution in [0.4, 0.5) is 0 Å². The molecule has 10 heavy (non-hydrogen) atoms. The predicted octanol–water partition coefficient (Wildman–Crippen LogP) is 0.904. The summed E-state index contributed by atoms with van der Waals surface area (Å²) >= 11 is 0. The Morgan fingerprint density at radius 2 is 2.60 bits per heavy atom. The number of allylic oxidation sites excluding steroid dienone is 1. The molecule has 1 aromatic heterocycles. The second kappa shape index (κ2) is 3.01. The summed E-state index contributed by atoms with van der Waals surface area (Å²) in [5, 5.41) is 0. The Balaban J connectivity index is 3.03. The molecule has 0 aliphatic carbocycles. The van der Waals surface area contributed by atoms with E-state index in [2.05, 4.69) is 17.8 Å². The van der Waals surface area contributed by atoms with Crippen molar-refractivity contribution in [3.05, 3.63) is 46.9 Å². The van der Waals surface area contributed by atoms with E-state index in [0.717, 1.165) is 5.56 Å². The van der Waals surface area contributed by atoms with Crippen LogP contribution in [0.1, 0.15) is 5.56 Å². The highest BCUT2D eigenvalue weighted by atomic mass is 16.1. The van der Waals surface area contributed by atoms with Crippen LogP contribution < -0.4 is 5.56 Å². The van der Waals surface area contributed by atoms with E-state index in [0.29, 0.717) is 6.42 Å². The van der Waals surface area contributed by atoms with Crippen LogP contribution in [-0.4, -0.2) is 4.98 Å². The summed E-state index contributed by atoms with van der Waals surface area (Å²) in [6.07, 6.45) is 4.90. The summed E-state index contributed by atoms with van der Waals surface area (Å²) in [7, 11) is 0. The van der Waals surface area contributed by atoms with E-state index in [1.165, 1.54) is 0 Å². The average Bonchev–Trinajstić information content (AvgIpc) is 1.94. The van der Waals surface area contributed by atoms with Crippen LogP contribution in [0.2, 0.25) is 0 Å². The summed E-state index contributed by atoms with van der Waals surface area (Å²) in [6.45, 7) is 3.53. The predicted molar refractivity (Wildman–Crippen MR) is 39.8 cm³/mol. The first-order valence-corrected chi connectivity index (χ1v) is 3.03. The number of hydrogen-bond acceptors (Lipinski definition) is 1. The van der Waals surface area contributed by atoms with E-state index in [9.17, 15) is 4.79 Å². The van der Waals surface area contributed by atoms with Gasteiger partial charge in [-0.05, 0) is 12.5 Å². The molecule has 0 unspecified atom stereocenters. The van der Waals surface area contributed by atoms with Gasteiger partial charge in [-0.3, -0.25) is 4.79 Å². The molecule has 0 atom stereocenters. The van der Waals surface area contributed by atoms with Gasteiger partial charge in [-0.25, -0.2) is 0 Å². The zero-order chi connectivity index (χ0) is 7.40. The van der Waals surface area contributed by atoms with E-state index < -0.39 is 0 Å². The fraction of sp³-hybridized carbons (Fsp3) is 0.125. The average molecular weight is 134 g/mol. The van der Waals surface area contributed by atoms with Gasteiger partial charge in [-0.2, -0.15) is 0 Å². The molecule has 1 heterocycles. The number of H-pyrrole nitrogens is 1. The first-order valence-electron chi connectivity index (χ1n) is 3.03. The SMILES string of the molecule is C=CCc1cc[c][nH]c1=O. The molecular formula is C8H8NO. The van der Waals surface area contributed by atoms with E-state index in [-0.39, 0.29) is 5.56 Å². The fourth-order valence-electron chi connectivity index (χ4n) is 0.722. The number of pyridine rings is 1. The fourth-order valence-corrected chi connectivity index (χ4v) is 0.722. The standard InChI is InChI=1S/C8H8NO/c1-2-4-7-5-3-6-9-8(7)10/h2-3,5H,1,4H2,(H,9,10). The third-order valence-electron chi connectivity index (χ3n) is 1.21. The van der Waals surface area contributed by atoms with Gasteiger partial charge in [-0.1, -0.05) is 12.1 Å². The lowest BCUT2D eigenvalue weighted by atomic mass is 10.2. The smallest absolute Gasteiger partial charge is 0.251 e. The van der Waals surface area contributed by atoms with E-state index >= 15 is 0 Å². The second-order valence-electron chi connectivity index (χ2n) is 1.95. The highest BCUT2D eigenvalue weighted by molar-refractivity contribution is 5.11. The van der Waals surface area contributed by atoms with Crippen molar-refractivity contribution in [2.45, 2.75) is 6.42 Å². The van der Waals surface area contributed by atoms with E-state index in [1.54, 1.807) is 18.2 Å². The van der Waals surface area contributed by atoms with Crippen molar-refractivity contribution in [3.8, 4) is 0 Å².